The van der Waals surface area contributed by atoms with Crippen molar-refractivity contribution < 1.29 is 17.9 Å². The zero-order valence-corrected chi connectivity index (χ0v) is 18.9. The predicted octanol–water partition coefficient (Wildman–Crippen LogP) is 5.23. The molecular formula is C22H20Cl2N2O4S. The summed E-state index contributed by atoms with van der Waals surface area (Å²) in [7, 11) is -3.68. The summed E-state index contributed by atoms with van der Waals surface area (Å²) in [6.45, 7) is 1.76. The van der Waals surface area contributed by atoms with Crippen LogP contribution in [0.25, 0.3) is 0 Å². The second-order valence-corrected chi connectivity index (χ2v) is 9.09. The van der Waals surface area contributed by atoms with Gasteiger partial charge in [-0.2, -0.15) is 0 Å². The minimum Gasteiger partial charge on any atom is -0.484 e. The molecule has 6 nitrogen and oxygen atoms in total. The highest BCUT2D eigenvalue weighted by molar-refractivity contribution is 7.92. The van der Waals surface area contributed by atoms with Crippen LogP contribution in [0.1, 0.15) is 6.92 Å². The molecule has 0 aliphatic carbocycles. The quantitative estimate of drug-likeness (QED) is 0.480. The number of sulfonamides is 1. The Morgan fingerprint density at radius 3 is 2.13 bits per heavy atom. The minimum absolute atomic E-state index is 0.215. The maximum atomic E-state index is 12.9. The van der Waals surface area contributed by atoms with E-state index in [2.05, 4.69) is 5.32 Å². The van der Waals surface area contributed by atoms with Gasteiger partial charge in [-0.1, -0.05) is 47.5 Å². The van der Waals surface area contributed by atoms with E-state index in [1.54, 1.807) is 79.7 Å². The number of carbonyl (C=O) groups excluding carboxylic acids is 1. The molecule has 0 aliphatic rings. The Balaban J connectivity index is 1.66. The molecule has 0 unspecified atom stereocenters. The number of ether oxygens (including phenoxy) is 1. The standard InChI is InChI=1S/C22H20Cl2N2O4S/c1-2-26(31(28,29)18-7-4-3-5-8-18)16-11-13-17(14-12-16)30-15-21(27)25-22-19(23)9-6-10-20(22)24/h3-14H,2,15H2,1H3,(H,25,27). The number of para-hydroxylation sites is 1. The average molecular weight is 479 g/mol. The fourth-order valence-corrected chi connectivity index (χ4v) is 4.85. The number of amides is 1. The van der Waals surface area contributed by atoms with Crippen molar-refractivity contribution in [3.63, 3.8) is 0 Å². The molecule has 3 rings (SSSR count). The summed E-state index contributed by atoms with van der Waals surface area (Å²) < 4.78 is 32.6. The lowest BCUT2D eigenvalue weighted by Crippen LogP contribution is -2.30. The third-order valence-electron chi connectivity index (χ3n) is 4.34. The lowest BCUT2D eigenvalue weighted by atomic mass is 10.3. The van der Waals surface area contributed by atoms with Crippen molar-refractivity contribution in [1.29, 1.82) is 0 Å². The zero-order chi connectivity index (χ0) is 22.4. The van der Waals surface area contributed by atoms with E-state index in [1.165, 1.54) is 4.31 Å². The Morgan fingerprint density at radius 2 is 1.55 bits per heavy atom. The third-order valence-corrected chi connectivity index (χ3v) is 6.89. The lowest BCUT2D eigenvalue weighted by Gasteiger charge is -2.23. The Labute approximate surface area is 191 Å². The summed E-state index contributed by atoms with van der Waals surface area (Å²) in [5, 5.41) is 3.26. The van der Waals surface area contributed by atoms with Crippen molar-refractivity contribution in [2.75, 3.05) is 22.8 Å². The van der Waals surface area contributed by atoms with Gasteiger partial charge in [-0.3, -0.25) is 9.10 Å². The maximum absolute atomic E-state index is 12.9. The van der Waals surface area contributed by atoms with Crippen LogP contribution in [0.5, 0.6) is 5.75 Å². The lowest BCUT2D eigenvalue weighted by molar-refractivity contribution is -0.118. The Morgan fingerprint density at radius 1 is 0.935 bits per heavy atom. The van der Waals surface area contributed by atoms with E-state index in [1.807, 2.05) is 0 Å². The van der Waals surface area contributed by atoms with Gasteiger partial charge in [-0.15, -0.1) is 0 Å². The van der Waals surface area contributed by atoms with Crippen molar-refractivity contribution in [2.45, 2.75) is 11.8 Å². The molecule has 0 radical (unpaired) electrons. The van der Waals surface area contributed by atoms with E-state index in [0.717, 1.165) is 0 Å². The molecule has 0 bridgehead atoms. The number of halogens is 2. The number of anilines is 2. The van der Waals surface area contributed by atoms with E-state index in [0.29, 0.717) is 27.2 Å². The molecule has 1 amide bonds. The topological polar surface area (TPSA) is 75.7 Å². The van der Waals surface area contributed by atoms with Gasteiger partial charge in [-0.05, 0) is 55.5 Å². The first-order chi connectivity index (χ1) is 14.8. The fourth-order valence-electron chi connectivity index (χ4n) is 2.86. The number of carbonyl (C=O) groups is 1. The molecule has 0 aliphatic heterocycles. The largest absolute Gasteiger partial charge is 0.484 e. The van der Waals surface area contributed by atoms with Crippen molar-refractivity contribution in [3.8, 4) is 5.75 Å². The summed E-state index contributed by atoms with van der Waals surface area (Å²) >= 11 is 12.1. The van der Waals surface area contributed by atoms with E-state index in [-0.39, 0.29) is 18.0 Å². The Kier molecular flexibility index (Phi) is 7.43. The van der Waals surface area contributed by atoms with Crippen molar-refractivity contribution in [2.24, 2.45) is 0 Å². The number of hydrogen-bond acceptors (Lipinski definition) is 4. The van der Waals surface area contributed by atoms with E-state index in [4.69, 9.17) is 27.9 Å². The summed E-state index contributed by atoms with van der Waals surface area (Å²) in [6.07, 6.45) is 0. The van der Waals surface area contributed by atoms with Crippen LogP contribution in [-0.2, 0) is 14.8 Å². The van der Waals surface area contributed by atoms with E-state index < -0.39 is 15.9 Å². The smallest absolute Gasteiger partial charge is 0.264 e. The highest BCUT2D eigenvalue weighted by atomic mass is 35.5. The SMILES string of the molecule is CCN(c1ccc(OCC(=O)Nc2c(Cl)cccc2Cl)cc1)S(=O)(=O)c1ccccc1. The molecular weight excluding hydrogens is 459 g/mol. The van der Waals surface area contributed by atoms with Crippen LogP contribution < -0.4 is 14.4 Å². The molecule has 0 saturated heterocycles. The van der Waals surface area contributed by atoms with Crippen LogP contribution in [0, 0.1) is 0 Å². The van der Waals surface area contributed by atoms with Gasteiger partial charge in [0, 0.05) is 6.54 Å². The van der Waals surface area contributed by atoms with Crippen LogP contribution in [0.3, 0.4) is 0 Å². The molecule has 31 heavy (non-hydrogen) atoms. The molecule has 3 aromatic carbocycles. The summed E-state index contributed by atoms with van der Waals surface area (Å²) in [5.74, 6) is -0.0155. The number of rotatable bonds is 8. The van der Waals surface area contributed by atoms with Gasteiger partial charge in [0.05, 0.1) is 26.3 Å². The average Bonchev–Trinajstić information content (AvgIpc) is 2.77. The van der Waals surface area contributed by atoms with Gasteiger partial charge >= 0.3 is 0 Å². The fraction of sp³-hybridized carbons (Fsp3) is 0.136. The minimum atomic E-state index is -3.68. The highest BCUT2D eigenvalue weighted by Crippen LogP contribution is 2.30. The van der Waals surface area contributed by atoms with Gasteiger partial charge in [0.15, 0.2) is 6.61 Å². The van der Waals surface area contributed by atoms with Gasteiger partial charge in [0.1, 0.15) is 5.75 Å². The molecule has 0 saturated carbocycles. The number of nitrogens with zero attached hydrogens (tertiary/aromatic N) is 1. The molecule has 162 valence electrons. The molecule has 1 N–H and O–H groups in total. The molecule has 0 spiro atoms. The second-order valence-electron chi connectivity index (χ2n) is 6.41. The van der Waals surface area contributed by atoms with E-state index >= 15 is 0 Å². The first kappa shape index (κ1) is 22.9. The molecule has 0 atom stereocenters. The number of hydrogen-bond donors (Lipinski definition) is 1. The molecule has 9 heteroatoms. The molecule has 0 aromatic heterocycles. The summed E-state index contributed by atoms with van der Waals surface area (Å²) in [6, 6.07) is 19.6. The summed E-state index contributed by atoms with van der Waals surface area (Å²) in [5.41, 5.74) is 0.811. The van der Waals surface area contributed by atoms with Gasteiger partial charge < -0.3 is 10.1 Å². The Bertz CT molecular complexity index is 1130. The zero-order valence-electron chi connectivity index (χ0n) is 16.6. The van der Waals surface area contributed by atoms with Gasteiger partial charge in [0.2, 0.25) is 0 Å². The first-order valence-corrected chi connectivity index (χ1v) is 11.6. The van der Waals surface area contributed by atoms with Crippen LogP contribution in [0.4, 0.5) is 11.4 Å². The molecule has 3 aromatic rings. The van der Waals surface area contributed by atoms with Gasteiger partial charge in [0.25, 0.3) is 15.9 Å². The van der Waals surface area contributed by atoms with Crippen LogP contribution in [-0.4, -0.2) is 27.5 Å². The number of benzene rings is 3. The van der Waals surface area contributed by atoms with Crippen LogP contribution in [0.15, 0.2) is 77.7 Å². The second kappa shape index (κ2) is 10.0. The van der Waals surface area contributed by atoms with Crippen LogP contribution >= 0.6 is 23.2 Å². The predicted molar refractivity (Wildman–Crippen MR) is 124 cm³/mol. The van der Waals surface area contributed by atoms with Crippen LogP contribution in [0.2, 0.25) is 10.0 Å². The van der Waals surface area contributed by atoms with Crippen molar-refractivity contribution >= 4 is 50.5 Å². The molecule has 0 fully saturated rings. The van der Waals surface area contributed by atoms with Crippen molar-refractivity contribution in [1.82, 2.24) is 0 Å². The number of nitrogens with one attached hydrogen (secondary N) is 1. The van der Waals surface area contributed by atoms with Gasteiger partial charge in [-0.25, -0.2) is 8.42 Å². The Hall–Kier alpha value is -2.74. The van der Waals surface area contributed by atoms with Crippen molar-refractivity contribution in [3.05, 3.63) is 82.8 Å². The first-order valence-electron chi connectivity index (χ1n) is 9.37. The summed E-state index contributed by atoms with van der Waals surface area (Å²) in [4.78, 5) is 12.4. The monoisotopic (exact) mass is 478 g/mol. The van der Waals surface area contributed by atoms with E-state index in [9.17, 15) is 13.2 Å². The molecule has 0 heterocycles. The maximum Gasteiger partial charge on any atom is 0.264 e. The third kappa shape index (κ3) is 5.50. The highest BCUT2D eigenvalue weighted by Gasteiger charge is 2.23. The normalized spacial score (nSPS) is 11.1.